The van der Waals surface area contributed by atoms with E-state index in [1.165, 1.54) is 0 Å². The normalized spacial score (nSPS) is 15.4. The average molecular weight is 410 g/mol. The Morgan fingerprint density at radius 3 is 2.50 bits per heavy atom. The summed E-state index contributed by atoms with van der Waals surface area (Å²) in [6, 6.07) is 10.1. The maximum Gasteiger partial charge on any atom is 0.410 e. The van der Waals surface area contributed by atoms with Crippen molar-refractivity contribution in [3.63, 3.8) is 0 Å². The monoisotopic (exact) mass is 410 g/mol. The summed E-state index contributed by atoms with van der Waals surface area (Å²) in [4.78, 5) is 13.9. The van der Waals surface area contributed by atoms with Crippen molar-refractivity contribution in [1.29, 1.82) is 5.26 Å². The predicted octanol–water partition coefficient (Wildman–Crippen LogP) is 2.99. The van der Waals surface area contributed by atoms with Gasteiger partial charge in [0.05, 0.1) is 0 Å². The highest BCUT2D eigenvalue weighted by molar-refractivity contribution is 5.74. The Morgan fingerprint density at radius 2 is 1.93 bits per heavy atom. The van der Waals surface area contributed by atoms with Gasteiger partial charge < -0.3 is 20.3 Å². The van der Waals surface area contributed by atoms with E-state index in [4.69, 9.17) is 4.74 Å². The average Bonchev–Trinajstić information content (AvgIpc) is 3.24. The highest BCUT2D eigenvalue weighted by Crippen LogP contribution is 2.20. The molecule has 0 atom stereocenters. The number of carbonyl (C=O) groups excluding carboxylic acids is 1. The molecule has 0 spiro atoms. The topological polar surface area (TPSA) is 132 Å². The Morgan fingerprint density at radius 1 is 1.27 bits per heavy atom. The van der Waals surface area contributed by atoms with Gasteiger partial charge in [0, 0.05) is 36.7 Å². The number of H-pyrrole nitrogens is 1. The van der Waals surface area contributed by atoms with Gasteiger partial charge in [0.25, 0.3) is 0 Å². The molecule has 1 amide bonds. The first-order chi connectivity index (χ1) is 14.3. The number of aromatic nitrogens is 4. The number of benzene rings is 1. The van der Waals surface area contributed by atoms with Crippen LogP contribution in [0.2, 0.25) is 0 Å². The predicted molar refractivity (Wildman–Crippen MR) is 112 cm³/mol. The largest absolute Gasteiger partial charge is 0.444 e. The summed E-state index contributed by atoms with van der Waals surface area (Å²) in [5.74, 6) is 0.237. The molecule has 1 aliphatic rings. The zero-order valence-corrected chi connectivity index (χ0v) is 17.3. The molecule has 0 radical (unpaired) electrons. The number of nitrogens with one attached hydrogen (secondary N) is 3. The summed E-state index contributed by atoms with van der Waals surface area (Å²) in [5, 5.41) is 29.1. The molecule has 1 aromatic carbocycles. The number of nitrogens with zero attached hydrogens (tertiary/aromatic N) is 5. The number of hydrogen-bond acceptors (Lipinski definition) is 8. The number of ether oxygens (including phenoxy) is 1. The molecule has 2 heterocycles. The molecule has 1 saturated heterocycles. The molecule has 1 fully saturated rings. The minimum Gasteiger partial charge on any atom is -0.444 e. The number of anilines is 2. The van der Waals surface area contributed by atoms with Gasteiger partial charge in [0.15, 0.2) is 0 Å². The van der Waals surface area contributed by atoms with Gasteiger partial charge in [0.1, 0.15) is 17.2 Å². The summed E-state index contributed by atoms with van der Waals surface area (Å²) >= 11 is 0. The van der Waals surface area contributed by atoms with Crippen molar-refractivity contribution in [2.45, 2.75) is 45.3 Å². The lowest BCUT2D eigenvalue weighted by Gasteiger charge is -2.34. The first kappa shape index (κ1) is 21.1. The van der Waals surface area contributed by atoms with Gasteiger partial charge in [-0.2, -0.15) is 10.5 Å². The van der Waals surface area contributed by atoms with E-state index in [-0.39, 0.29) is 17.5 Å². The van der Waals surface area contributed by atoms with Crippen LogP contribution in [0.25, 0.3) is 5.57 Å². The van der Waals surface area contributed by atoms with Gasteiger partial charge in [-0.05, 0) is 63.1 Å². The first-order valence-corrected chi connectivity index (χ1v) is 9.79. The van der Waals surface area contributed by atoms with E-state index in [0.29, 0.717) is 19.1 Å². The van der Waals surface area contributed by atoms with Gasteiger partial charge >= 0.3 is 6.09 Å². The van der Waals surface area contributed by atoms with E-state index in [9.17, 15) is 10.1 Å². The molecular weight excluding hydrogens is 384 g/mol. The third kappa shape index (κ3) is 5.94. The Bertz CT molecular complexity index is 902. The molecule has 0 saturated carbocycles. The molecule has 3 rings (SSSR count). The van der Waals surface area contributed by atoms with E-state index in [0.717, 1.165) is 24.2 Å². The van der Waals surface area contributed by atoms with Crippen molar-refractivity contribution in [3.8, 4) is 6.07 Å². The third-order valence-electron chi connectivity index (χ3n) is 4.49. The summed E-state index contributed by atoms with van der Waals surface area (Å²) in [7, 11) is 0. The van der Waals surface area contributed by atoms with Crippen LogP contribution >= 0.6 is 0 Å². The van der Waals surface area contributed by atoms with E-state index in [1.54, 1.807) is 11.1 Å². The molecule has 2 aromatic rings. The number of piperidine rings is 1. The molecule has 10 heteroatoms. The van der Waals surface area contributed by atoms with Crippen molar-refractivity contribution >= 4 is 23.0 Å². The van der Waals surface area contributed by atoms with E-state index in [1.807, 2.05) is 51.1 Å². The smallest absolute Gasteiger partial charge is 0.410 e. The van der Waals surface area contributed by atoms with Gasteiger partial charge in [-0.15, -0.1) is 10.2 Å². The number of aromatic amines is 1. The fourth-order valence-electron chi connectivity index (χ4n) is 3.01. The zero-order chi connectivity index (χ0) is 21.6. The van der Waals surface area contributed by atoms with E-state index >= 15 is 0 Å². The maximum absolute atomic E-state index is 12.2. The van der Waals surface area contributed by atoms with Crippen molar-refractivity contribution < 1.29 is 9.53 Å². The van der Waals surface area contributed by atoms with Crippen LogP contribution in [0.3, 0.4) is 0 Å². The summed E-state index contributed by atoms with van der Waals surface area (Å²) in [6.07, 6.45) is 3.01. The number of nitriles is 1. The zero-order valence-electron chi connectivity index (χ0n) is 17.3. The molecule has 0 aliphatic carbocycles. The number of amides is 1. The second-order valence-corrected chi connectivity index (χ2v) is 8.01. The molecule has 0 bridgehead atoms. The maximum atomic E-state index is 12.2. The highest BCUT2D eigenvalue weighted by Gasteiger charge is 2.26. The fourth-order valence-corrected chi connectivity index (χ4v) is 3.01. The molecule has 158 valence electrons. The van der Waals surface area contributed by atoms with Crippen molar-refractivity contribution in [2.75, 3.05) is 23.7 Å². The molecule has 1 aromatic heterocycles. The minimum absolute atomic E-state index is 0.237. The lowest BCUT2D eigenvalue weighted by Crippen LogP contribution is -2.44. The van der Waals surface area contributed by atoms with Crippen LogP contribution in [0.4, 0.5) is 16.2 Å². The van der Waals surface area contributed by atoms with Crippen LogP contribution in [-0.4, -0.2) is 56.3 Å². The number of tetrazole rings is 1. The lowest BCUT2D eigenvalue weighted by molar-refractivity contribution is 0.0210. The van der Waals surface area contributed by atoms with Crippen LogP contribution in [0.15, 0.2) is 30.5 Å². The van der Waals surface area contributed by atoms with Gasteiger partial charge in [-0.3, -0.25) is 0 Å². The van der Waals surface area contributed by atoms with E-state index < -0.39 is 5.60 Å². The Balaban J connectivity index is 1.48. The van der Waals surface area contributed by atoms with Gasteiger partial charge in [-0.1, -0.05) is 0 Å². The van der Waals surface area contributed by atoms with Crippen molar-refractivity contribution in [3.05, 3.63) is 36.3 Å². The first-order valence-electron chi connectivity index (χ1n) is 9.79. The number of likely N-dealkylation sites (tertiary alicyclic amines) is 1. The van der Waals surface area contributed by atoms with Crippen LogP contribution in [0.5, 0.6) is 0 Å². The third-order valence-corrected chi connectivity index (χ3v) is 4.49. The summed E-state index contributed by atoms with van der Waals surface area (Å²) < 4.78 is 5.44. The molecule has 0 unspecified atom stereocenters. The molecular formula is C20H26N8O2. The van der Waals surface area contributed by atoms with Gasteiger partial charge in [0.2, 0.25) is 5.82 Å². The number of carbonyl (C=O) groups is 1. The second kappa shape index (κ2) is 9.26. The van der Waals surface area contributed by atoms with Crippen LogP contribution < -0.4 is 10.6 Å². The Kier molecular flexibility index (Phi) is 6.51. The van der Waals surface area contributed by atoms with Crippen LogP contribution in [0, 0.1) is 11.3 Å². The molecule has 1 aliphatic heterocycles. The fraction of sp³-hybridized carbons (Fsp3) is 0.450. The Hall–Kier alpha value is -3.61. The minimum atomic E-state index is -0.475. The summed E-state index contributed by atoms with van der Waals surface area (Å²) in [5.41, 5.74) is 1.63. The molecule has 30 heavy (non-hydrogen) atoms. The second-order valence-electron chi connectivity index (χ2n) is 8.01. The van der Waals surface area contributed by atoms with E-state index in [2.05, 4.69) is 31.3 Å². The molecule has 3 N–H and O–H groups in total. The van der Waals surface area contributed by atoms with Gasteiger partial charge in [-0.25, -0.2) is 4.79 Å². The van der Waals surface area contributed by atoms with Crippen LogP contribution in [0.1, 0.15) is 39.4 Å². The number of allylic oxidation sites excluding steroid dienone is 1. The standard InChI is InChI=1S/C20H26N8O2/c1-20(2,3)30-19(29)28-10-8-17(9-11-28)23-16-6-4-15(5-7-16)22-13-14(12-21)18-24-26-27-25-18/h4-7,13,17,22-23H,8-11H2,1-3H3,(H,24,25,26,27). The Labute approximate surface area is 175 Å². The van der Waals surface area contributed by atoms with Crippen LogP contribution in [-0.2, 0) is 4.74 Å². The summed E-state index contributed by atoms with van der Waals surface area (Å²) in [6.45, 7) is 6.97. The number of hydrogen-bond donors (Lipinski definition) is 3. The SMILES string of the molecule is CC(C)(C)OC(=O)N1CCC(Nc2ccc(NC=C(C#N)c3nn[nH]n3)cc2)CC1. The van der Waals surface area contributed by atoms with Crippen molar-refractivity contribution in [1.82, 2.24) is 25.5 Å². The highest BCUT2D eigenvalue weighted by atomic mass is 16.6. The number of rotatable bonds is 5. The molecule has 10 nitrogen and oxygen atoms in total. The quantitative estimate of drug-likeness (QED) is 0.641. The lowest BCUT2D eigenvalue weighted by atomic mass is 10.0. The van der Waals surface area contributed by atoms with Crippen molar-refractivity contribution in [2.24, 2.45) is 0 Å².